The van der Waals surface area contributed by atoms with E-state index >= 15 is 0 Å². The minimum Gasteiger partial charge on any atom is -0.488 e. The number of carbonyl (C=O) groups is 4. The molecule has 2 saturated heterocycles. The molecular formula is C50H60Cl2N8O8. The first kappa shape index (κ1) is 46.3. The lowest BCUT2D eigenvalue weighted by atomic mass is 9.87. The third-order valence-electron chi connectivity index (χ3n) is 16.0. The van der Waals surface area contributed by atoms with E-state index in [9.17, 15) is 19.2 Å². The number of methoxy groups -OCH3 is 2. The number of likely N-dealkylation sites (tertiary alicyclic amines) is 2. The standard InChI is InChI=1S/C50H60Cl2N8O8/c1-7-23(3)39(55-49(63)65-5)47(61)59-31-13-9-11-25(31)17-33(59)45-53-41(43(51)57-45)27-15-29-21-68-36-20-28(16-30-22-67-35(19-27)37(29)38(30)36)42-44(52)58-46(54-42)34-18-26-12-10-14-32(26)60(34)48(62)40(24(4)8-2)56-50(64)66-6/h15-16,19-20,23-26,31-34,39-40H,7-14,17-18,21-22H2,1-6H3,(H,53,57)(H,54,58)(H,55,63)(H,56,64)/t23-,24-,25-,26-,31-,32-,33-,34-,39-,40-/m0/s1. The number of H-pyrrole nitrogens is 2. The Kier molecular flexibility index (Phi) is 12.5. The van der Waals surface area contributed by atoms with Crippen LogP contribution < -0.4 is 20.1 Å². The molecule has 6 heterocycles. The maximum absolute atomic E-state index is 14.5. The van der Waals surface area contributed by atoms with Gasteiger partial charge in [0.1, 0.15) is 70.1 Å². The summed E-state index contributed by atoms with van der Waals surface area (Å²) < 4.78 is 22.9. The molecule has 6 aliphatic rings. The smallest absolute Gasteiger partial charge is 0.407 e. The second kappa shape index (κ2) is 18.4. The van der Waals surface area contributed by atoms with Gasteiger partial charge in [-0.1, -0.05) is 76.6 Å². The largest absolute Gasteiger partial charge is 0.488 e. The topological polar surface area (TPSA) is 193 Å². The lowest BCUT2D eigenvalue weighted by Gasteiger charge is -2.34. The van der Waals surface area contributed by atoms with E-state index in [-0.39, 0.29) is 61.0 Å². The second-order valence-electron chi connectivity index (χ2n) is 19.7. The molecule has 2 saturated carbocycles. The average molecular weight is 972 g/mol. The molecule has 362 valence electrons. The molecule has 0 radical (unpaired) electrons. The van der Waals surface area contributed by atoms with E-state index in [1.54, 1.807) is 0 Å². The van der Waals surface area contributed by atoms with E-state index in [0.29, 0.717) is 69.5 Å². The number of ether oxygens (including phenoxy) is 4. The number of imidazole rings is 2. The normalized spacial score (nSPS) is 24.8. The Morgan fingerprint density at radius 3 is 1.49 bits per heavy atom. The van der Waals surface area contributed by atoms with E-state index in [1.165, 1.54) is 14.2 Å². The summed E-state index contributed by atoms with van der Waals surface area (Å²) in [6.45, 7) is 8.48. The van der Waals surface area contributed by atoms with Crippen LogP contribution in [0.25, 0.3) is 33.6 Å². The Labute approximate surface area is 405 Å². The average Bonchev–Trinajstić information content (AvgIpc) is 4.21. The predicted octanol–water partition coefficient (Wildman–Crippen LogP) is 9.65. The zero-order chi connectivity index (χ0) is 47.7. The van der Waals surface area contributed by atoms with E-state index in [4.69, 9.17) is 52.1 Å². The van der Waals surface area contributed by atoms with Crippen molar-refractivity contribution in [2.75, 3.05) is 14.2 Å². The van der Waals surface area contributed by atoms with Crippen LogP contribution in [-0.4, -0.2) is 92.1 Å². The third kappa shape index (κ3) is 7.92. The van der Waals surface area contributed by atoms with Crippen LogP contribution in [0.4, 0.5) is 9.59 Å². The zero-order valence-corrected chi connectivity index (χ0v) is 40.9. The van der Waals surface area contributed by atoms with Gasteiger partial charge >= 0.3 is 12.2 Å². The number of benzene rings is 2. The number of hydrogen-bond donors (Lipinski definition) is 4. The van der Waals surface area contributed by atoms with Crippen LogP contribution in [0, 0.1) is 23.7 Å². The first-order chi connectivity index (χ1) is 32.8. The molecule has 0 spiro atoms. The number of amides is 4. The van der Waals surface area contributed by atoms with E-state index in [0.717, 1.165) is 84.7 Å². The van der Waals surface area contributed by atoms with Gasteiger partial charge in [0.2, 0.25) is 11.8 Å². The molecule has 0 bridgehead atoms. The summed E-state index contributed by atoms with van der Waals surface area (Å²) >= 11 is 14.0. The molecule has 4 fully saturated rings. The van der Waals surface area contributed by atoms with Gasteiger partial charge in [0.15, 0.2) is 0 Å². The summed E-state index contributed by atoms with van der Waals surface area (Å²) in [5.74, 6) is 2.76. The highest BCUT2D eigenvalue weighted by molar-refractivity contribution is 6.32. The molecule has 10 rings (SSSR count). The molecule has 2 aliphatic carbocycles. The Bertz CT molecular complexity index is 2420. The number of rotatable bonds is 12. The van der Waals surface area contributed by atoms with Crippen molar-refractivity contribution < 1.29 is 38.1 Å². The van der Waals surface area contributed by atoms with Crippen molar-refractivity contribution in [2.45, 2.75) is 141 Å². The van der Waals surface area contributed by atoms with Crippen molar-refractivity contribution in [1.29, 1.82) is 0 Å². The molecule has 0 unspecified atom stereocenters. The number of alkyl carbamates (subject to hydrolysis) is 2. The summed E-state index contributed by atoms with van der Waals surface area (Å²) in [6.07, 6.45) is 7.56. The van der Waals surface area contributed by atoms with Crippen LogP contribution in [0.3, 0.4) is 0 Å². The van der Waals surface area contributed by atoms with E-state index in [1.807, 2.05) is 61.8 Å². The van der Waals surface area contributed by atoms with Gasteiger partial charge in [0.05, 0.1) is 26.3 Å². The minimum absolute atomic E-state index is 0.0455. The molecule has 68 heavy (non-hydrogen) atoms. The highest BCUT2D eigenvalue weighted by atomic mass is 35.5. The van der Waals surface area contributed by atoms with Gasteiger partial charge in [-0.25, -0.2) is 19.6 Å². The molecule has 4 aliphatic heterocycles. The Hall–Kier alpha value is -5.48. The Morgan fingerprint density at radius 1 is 0.691 bits per heavy atom. The van der Waals surface area contributed by atoms with Gasteiger partial charge in [-0.2, -0.15) is 0 Å². The second-order valence-corrected chi connectivity index (χ2v) is 20.4. The minimum atomic E-state index is -0.741. The fourth-order valence-electron chi connectivity index (χ4n) is 12.1. The highest BCUT2D eigenvalue weighted by Gasteiger charge is 2.51. The molecule has 2 aromatic heterocycles. The number of aromatic nitrogens is 4. The number of aromatic amines is 2. The van der Waals surface area contributed by atoms with Gasteiger partial charge in [0.25, 0.3) is 0 Å². The predicted molar refractivity (Wildman–Crippen MR) is 254 cm³/mol. The summed E-state index contributed by atoms with van der Waals surface area (Å²) in [5.41, 5.74) is 6.36. The van der Waals surface area contributed by atoms with Crippen LogP contribution >= 0.6 is 23.2 Å². The van der Waals surface area contributed by atoms with Crippen molar-refractivity contribution in [2.24, 2.45) is 23.7 Å². The maximum atomic E-state index is 14.5. The number of fused-ring (bicyclic) bond motifs is 2. The van der Waals surface area contributed by atoms with Crippen molar-refractivity contribution >= 4 is 47.2 Å². The fourth-order valence-corrected chi connectivity index (χ4v) is 12.6. The molecule has 10 atom stereocenters. The van der Waals surface area contributed by atoms with Crippen LogP contribution in [0.2, 0.25) is 10.3 Å². The molecule has 4 aromatic rings. The molecule has 4 N–H and O–H groups in total. The summed E-state index contributed by atoms with van der Waals surface area (Å²) in [5, 5.41) is 6.36. The highest BCUT2D eigenvalue weighted by Crippen LogP contribution is 2.53. The van der Waals surface area contributed by atoms with Gasteiger partial charge in [-0.15, -0.1) is 0 Å². The van der Waals surface area contributed by atoms with Crippen LogP contribution in [0.1, 0.15) is 127 Å². The zero-order valence-electron chi connectivity index (χ0n) is 39.4. The van der Waals surface area contributed by atoms with E-state index in [2.05, 4.69) is 20.6 Å². The van der Waals surface area contributed by atoms with Gasteiger partial charge in [-0.3, -0.25) is 9.59 Å². The fraction of sp³-hybridized carbons (Fsp3) is 0.560. The Morgan fingerprint density at radius 2 is 1.10 bits per heavy atom. The summed E-state index contributed by atoms with van der Waals surface area (Å²) in [7, 11) is 2.61. The monoisotopic (exact) mass is 970 g/mol. The number of nitrogens with one attached hydrogen (secondary N) is 4. The van der Waals surface area contributed by atoms with Crippen LogP contribution in [-0.2, 0) is 32.3 Å². The SMILES string of the molecule is CC[C@H](C)[C@H](NC(=O)OC)C(=O)N1[C@H](c2nc(-c3cc4c5c(c3)OCc3cc(-c6nc([C@@H]7C[C@@H]8CCC[C@@H]8N7C(=O)[C@@H](NC(=O)OC)[C@@H](C)CC)[nH]c6Cl)cc(c3-5)OC4)c(Cl)[nH]2)C[C@@H]2CCC[C@@H]21. The lowest BCUT2D eigenvalue weighted by molar-refractivity contribution is -0.138. The molecule has 4 amide bonds. The Balaban J connectivity index is 0.930. The first-order valence-electron chi connectivity index (χ1n) is 24.3. The summed E-state index contributed by atoms with van der Waals surface area (Å²) in [4.78, 5) is 74.6. The van der Waals surface area contributed by atoms with Crippen molar-refractivity contribution in [3.05, 3.63) is 57.3 Å². The molecule has 2 aromatic carbocycles. The third-order valence-corrected chi connectivity index (χ3v) is 16.5. The summed E-state index contributed by atoms with van der Waals surface area (Å²) in [6, 6.07) is 5.94. The quantitative estimate of drug-likeness (QED) is 0.106. The molecule has 16 nitrogen and oxygen atoms in total. The van der Waals surface area contributed by atoms with Crippen LogP contribution in [0.5, 0.6) is 11.5 Å². The molecule has 18 heteroatoms. The molecular weight excluding hydrogens is 912 g/mol. The lowest BCUT2D eigenvalue weighted by Crippen LogP contribution is -2.53. The van der Waals surface area contributed by atoms with Gasteiger partial charge in [-0.05, 0) is 86.5 Å². The van der Waals surface area contributed by atoms with Gasteiger partial charge < -0.3 is 49.3 Å². The maximum Gasteiger partial charge on any atom is 0.407 e. The van der Waals surface area contributed by atoms with Crippen molar-refractivity contribution in [3.8, 4) is 45.1 Å². The van der Waals surface area contributed by atoms with Crippen molar-refractivity contribution in [1.82, 2.24) is 40.4 Å². The number of hydrogen-bond acceptors (Lipinski definition) is 10. The van der Waals surface area contributed by atoms with Crippen molar-refractivity contribution in [3.63, 3.8) is 0 Å². The van der Waals surface area contributed by atoms with Gasteiger partial charge in [0, 0.05) is 45.5 Å². The number of nitrogens with zero attached hydrogens (tertiary/aromatic N) is 4. The van der Waals surface area contributed by atoms with E-state index < -0.39 is 24.3 Å². The van der Waals surface area contributed by atoms with Crippen LogP contribution in [0.15, 0.2) is 24.3 Å². The number of carbonyl (C=O) groups excluding carboxylic acids is 4. The number of halogens is 2. The first-order valence-corrected chi connectivity index (χ1v) is 25.0.